The lowest BCUT2D eigenvalue weighted by molar-refractivity contribution is -0.137. The van der Waals surface area contributed by atoms with Gasteiger partial charge in [0.2, 0.25) is 5.91 Å². The standard InChI is InChI=1S/C11H11BrFN3O4/c12-6-1-2-7(13)8(3-6)16-11(20)15-4-9(17)14-5-10(18)19/h1-3H,4-5H2,(H,14,17)(H,18,19)(H2,15,16,20). The first-order valence-electron chi connectivity index (χ1n) is 5.37. The van der Waals surface area contributed by atoms with Gasteiger partial charge in [0.25, 0.3) is 0 Å². The molecule has 1 aromatic rings. The smallest absolute Gasteiger partial charge is 0.322 e. The van der Waals surface area contributed by atoms with Crippen LogP contribution in [-0.4, -0.2) is 36.1 Å². The van der Waals surface area contributed by atoms with Crippen LogP contribution in [0.3, 0.4) is 0 Å². The van der Waals surface area contributed by atoms with Gasteiger partial charge in [-0.3, -0.25) is 9.59 Å². The van der Waals surface area contributed by atoms with E-state index in [4.69, 9.17) is 5.11 Å². The number of carboxylic acid groups (broad SMARTS) is 1. The molecule has 20 heavy (non-hydrogen) atoms. The molecule has 0 spiro atoms. The number of nitrogens with one attached hydrogen (secondary N) is 3. The van der Waals surface area contributed by atoms with Crippen molar-refractivity contribution in [3.8, 4) is 0 Å². The summed E-state index contributed by atoms with van der Waals surface area (Å²) in [6.07, 6.45) is 0. The van der Waals surface area contributed by atoms with Gasteiger partial charge in [0.15, 0.2) is 0 Å². The fourth-order valence-corrected chi connectivity index (χ4v) is 1.52. The van der Waals surface area contributed by atoms with E-state index in [1.54, 1.807) is 0 Å². The second-order valence-electron chi connectivity index (χ2n) is 3.60. The highest BCUT2D eigenvalue weighted by Crippen LogP contribution is 2.19. The summed E-state index contributed by atoms with van der Waals surface area (Å²) in [5, 5.41) is 14.8. The second kappa shape index (κ2) is 7.43. The van der Waals surface area contributed by atoms with Crippen molar-refractivity contribution in [3.63, 3.8) is 0 Å². The summed E-state index contributed by atoms with van der Waals surface area (Å²) in [4.78, 5) is 32.7. The molecule has 0 aliphatic carbocycles. The van der Waals surface area contributed by atoms with Gasteiger partial charge in [-0.25, -0.2) is 9.18 Å². The highest BCUT2D eigenvalue weighted by Gasteiger charge is 2.09. The van der Waals surface area contributed by atoms with E-state index < -0.39 is 36.8 Å². The van der Waals surface area contributed by atoms with Crippen molar-refractivity contribution < 1.29 is 23.9 Å². The third-order valence-corrected chi connectivity index (χ3v) is 2.52. The zero-order valence-corrected chi connectivity index (χ0v) is 11.7. The van der Waals surface area contributed by atoms with Gasteiger partial charge >= 0.3 is 12.0 Å². The Hall–Kier alpha value is -2.16. The summed E-state index contributed by atoms with van der Waals surface area (Å²) in [5.41, 5.74) is -0.0529. The third kappa shape index (κ3) is 5.65. The van der Waals surface area contributed by atoms with Crippen LogP contribution in [0.2, 0.25) is 0 Å². The van der Waals surface area contributed by atoms with Crippen LogP contribution in [0.4, 0.5) is 14.9 Å². The molecule has 108 valence electrons. The Labute approximate surface area is 121 Å². The molecule has 1 rings (SSSR count). The van der Waals surface area contributed by atoms with Crippen molar-refractivity contribution in [3.05, 3.63) is 28.5 Å². The van der Waals surface area contributed by atoms with Crippen molar-refractivity contribution in [1.82, 2.24) is 10.6 Å². The van der Waals surface area contributed by atoms with Crippen LogP contribution >= 0.6 is 15.9 Å². The topological polar surface area (TPSA) is 108 Å². The Morgan fingerprint density at radius 1 is 1.20 bits per heavy atom. The Morgan fingerprint density at radius 2 is 1.90 bits per heavy atom. The number of rotatable bonds is 5. The molecule has 0 aromatic heterocycles. The molecule has 1 aromatic carbocycles. The molecule has 0 atom stereocenters. The molecule has 0 heterocycles. The van der Waals surface area contributed by atoms with E-state index in [2.05, 4.69) is 31.9 Å². The van der Waals surface area contributed by atoms with Crippen molar-refractivity contribution in [1.29, 1.82) is 0 Å². The van der Waals surface area contributed by atoms with E-state index in [0.29, 0.717) is 4.47 Å². The molecule has 0 saturated heterocycles. The molecule has 0 radical (unpaired) electrons. The molecule has 7 nitrogen and oxygen atoms in total. The zero-order valence-electron chi connectivity index (χ0n) is 10.1. The predicted octanol–water partition coefficient (Wildman–Crippen LogP) is 0.910. The molecule has 3 amide bonds. The zero-order chi connectivity index (χ0) is 15.1. The van der Waals surface area contributed by atoms with E-state index in [1.807, 2.05) is 0 Å². The lowest BCUT2D eigenvalue weighted by Gasteiger charge is -2.08. The van der Waals surface area contributed by atoms with Gasteiger partial charge in [-0.15, -0.1) is 0 Å². The average Bonchev–Trinajstić information content (AvgIpc) is 2.38. The quantitative estimate of drug-likeness (QED) is 0.634. The average molecular weight is 348 g/mol. The molecular formula is C11H11BrFN3O4. The number of carbonyl (C=O) groups is 3. The van der Waals surface area contributed by atoms with Gasteiger partial charge in [-0.2, -0.15) is 0 Å². The second-order valence-corrected chi connectivity index (χ2v) is 4.52. The monoisotopic (exact) mass is 347 g/mol. The summed E-state index contributed by atoms with van der Waals surface area (Å²) in [6, 6.07) is 3.21. The molecule has 4 N–H and O–H groups in total. The van der Waals surface area contributed by atoms with Crippen molar-refractivity contribution in [2.45, 2.75) is 0 Å². The van der Waals surface area contributed by atoms with Gasteiger partial charge in [0.05, 0.1) is 12.2 Å². The number of halogens is 2. The van der Waals surface area contributed by atoms with Crippen molar-refractivity contribution in [2.24, 2.45) is 0 Å². The van der Waals surface area contributed by atoms with E-state index in [0.717, 1.165) is 0 Å². The van der Waals surface area contributed by atoms with E-state index >= 15 is 0 Å². The van der Waals surface area contributed by atoms with Gasteiger partial charge in [-0.05, 0) is 18.2 Å². The summed E-state index contributed by atoms with van der Waals surface area (Å²) in [5.74, 6) is -2.49. The van der Waals surface area contributed by atoms with E-state index in [-0.39, 0.29) is 5.69 Å². The molecular weight excluding hydrogens is 337 g/mol. The number of anilines is 1. The van der Waals surface area contributed by atoms with Gasteiger partial charge in [0, 0.05) is 4.47 Å². The number of benzene rings is 1. The first-order valence-corrected chi connectivity index (χ1v) is 6.16. The fourth-order valence-electron chi connectivity index (χ4n) is 1.16. The predicted molar refractivity (Wildman–Crippen MR) is 71.8 cm³/mol. The maximum absolute atomic E-state index is 13.3. The number of hydrogen-bond donors (Lipinski definition) is 4. The van der Waals surface area contributed by atoms with Gasteiger partial charge < -0.3 is 21.1 Å². The number of aliphatic carboxylic acids is 1. The van der Waals surface area contributed by atoms with Gasteiger partial charge in [-0.1, -0.05) is 15.9 Å². The summed E-state index contributed by atoms with van der Waals surface area (Å²) in [6.45, 7) is -0.961. The van der Waals surface area contributed by atoms with E-state index in [9.17, 15) is 18.8 Å². The fraction of sp³-hybridized carbons (Fsp3) is 0.182. The van der Waals surface area contributed by atoms with Crippen LogP contribution in [0.5, 0.6) is 0 Å². The largest absolute Gasteiger partial charge is 0.480 e. The minimum atomic E-state index is -1.20. The SMILES string of the molecule is O=C(O)CNC(=O)CNC(=O)Nc1cc(Br)ccc1F. The Morgan fingerprint density at radius 3 is 2.55 bits per heavy atom. The number of hydrogen-bond acceptors (Lipinski definition) is 3. The third-order valence-electron chi connectivity index (χ3n) is 2.02. The Bertz CT molecular complexity index is 538. The molecule has 0 fully saturated rings. The first kappa shape index (κ1) is 15.9. The lowest BCUT2D eigenvalue weighted by atomic mass is 10.3. The summed E-state index contributed by atoms with van der Waals surface area (Å²) in [7, 11) is 0. The van der Waals surface area contributed by atoms with Crippen LogP contribution in [0, 0.1) is 5.82 Å². The molecule has 0 unspecified atom stereocenters. The Balaban J connectivity index is 2.42. The highest BCUT2D eigenvalue weighted by atomic mass is 79.9. The number of carbonyl (C=O) groups excluding carboxylic acids is 2. The van der Waals surface area contributed by atoms with E-state index in [1.165, 1.54) is 18.2 Å². The first-order chi connectivity index (χ1) is 9.38. The number of carboxylic acids is 1. The summed E-state index contributed by atoms with van der Waals surface area (Å²) >= 11 is 3.12. The number of amides is 3. The van der Waals surface area contributed by atoms with Crippen LogP contribution in [0.15, 0.2) is 22.7 Å². The molecule has 9 heteroatoms. The number of urea groups is 1. The van der Waals surface area contributed by atoms with Crippen LogP contribution in [0.1, 0.15) is 0 Å². The maximum Gasteiger partial charge on any atom is 0.322 e. The highest BCUT2D eigenvalue weighted by molar-refractivity contribution is 9.10. The van der Waals surface area contributed by atoms with Crippen LogP contribution in [0.25, 0.3) is 0 Å². The van der Waals surface area contributed by atoms with Crippen LogP contribution < -0.4 is 16.0 Å². The normalized spacial score (nSPS) is 9.70. The minimum Gasteiger partial charge on any atom is -0.480 e. The summed E-state index contributed by atoms with van der Waals surface area (Å²) < 4.78 is 13.9. The molecule has 0 aliphatic rings. The minimum absolute atomic E-state index is 0.0529. The molecule has 0 aliphatic heterocycles. The van der Waals surface area contributed by atoms with Crippen LogP contribution in [-0.2, 0) is 9.59 Å². The van der Waals surface area contributed by atoms with Crippen molar-refractivity contribution >= 4 is 39.5 Å². The molecule has 0 saturated carbocycles. The lowest BCUT2D eigenvalue weighted by Crippen LogP contribution is -2.40. The van der Waals surface area contributed by atoms with Crippen molar-refractivity contribution in [2.75, 3.05) is 18.4 Å². The molecule has 0 bridgehead atoms. The maximum atomic E-state index is 13.3. The Kier molecular flexibility index (Phi) is 5.91. The van der Waals surface area contributed by atoms with Gasteiger partial charge in [0.1, 0.15) is 12.4 Å².